The van der Waals surface area contributed by atoms with Gasteiger partial charge in [-0.05, 0) is 26.8 Å². The van der Waals surface area contributed by atoms with Crippen LogP contribution in [0.25, 0.3) is 0 Å². The average molecular weight is 209 g/mol. The Hall–Kier alpha value is -1.58. The van der Waals surface area contributed by atoms with Crippen molar-refractivity contribution in [3.63, 3.8) is 0 Å². The molecule has 0 aliphatic heterocycles. The lowest BCUT2D eigenvalue weighted by Crippen LogP contribution is -2.10. The Kier molecular flexibility index (Phi) is 2.98. The van der Waals surface area contributed by atoms with Crippen LogP contribution in [0.3, 0.4) is 0 Å². The number of nitrogens with zero attached hydrogens (tertiary/aromatic N) is 1. The van der Waals surface area contributed by atoms with Gasteiger partial charge in [0.05, 0.1) is 11.3 Å². The van der Waals surface area contributed by atoms with E-state index in [0.717, 1.165) is 0 Å². The lowest BCUT2D eigenvalue weighted by atomic mass is 10.2. The molecule has 0 radical (unpaired) electrons. The highest BCUT2D eigenvalue weighted by atomic mass is 16.4. The van der Waals surface area contributed by atoms with E-state index < -0.39 is 5.97 Å². The van der Waals surface area contributed by atoms with Gasteiger partial charge in [-0.2, -0.15) is 0 Å². The number of carbonyl (C=O) groups excluding carboxylic acids is 1. The summed E-state index contributed by atoms with van der Waals surface area (Å²) < 4.78 is 1.76. The molecule has 0 unspecified atom stereocenters. The summed E-state index contributed by atoms with van der Waals surface area (Å²) in [6, 6.07) is 1.52. The molecule has 1 heterocycles. The lowest BCUT2D eigenvalue weighted by Gasteiger charge is -2.13. The summed E-state index contributed by atoms with van der Waals surface area (Å²) in [5.41, 5.74) is 1.29. The molecule has 15 heavy (non-hydrogen) atoms. The second kappa shape index (κ2) is 3.88. The molecule has 4 heteroatoms. The predicted molar refractivity (Wildman–Crippen MR) is 56.5 cm³/mol. The van der Waals surface area contributed by atoms with Crippen LogP contribution in [-0.2, 0) is 0 Å². The maximum Gasteiger partial charge on any atom is 0.337 e. The molecular formula is C11H15NO3. The Morgan fingerprint density at radius 1 is 1.40 bits per heavy atom. The van der Waals surface area contributed by atoms with Crippen molar-refractivity contribution >= 4 is 11.8 Å². The van der Waals surface area contributed by atoms with Crippen LogP contribution < -0.4 is 0 Å². The molecule has 0 aromatic carbocycles. The van der Waals surface area contributed by atoms with E-state index >= 15 is 0 Å². The van der Waals surface area contributed by atoms with Crippen molar-refractivity contribution < 1.29 is 14.7 Å². The van der Waals surface area contributed by atoms with Gasteiger partial charge >= 0.3 is 5.97 Å². The van der Waals surface area contributed by atoms with Crippen molar-refractivity contribution in [3.8, 4) is 0 Å². The molecule has 0 amide bonds. The van der Waals surface area contributed by atoms with Crippen LogP contribution in [0, 0.1) is 6.92 Å². The van der Waals surface area contributed by atoms with E-state index in [1.165, 1.54) is 13.0 Å². The van der Waals surface area contributed by atoms with E-state index in [9.17, 15) is 9.59 Å². The van der Waals surface area contributed by atoms with Gasteiger partial charge in [0, 0.05) is 18.7 Å². The average Bonchev–Trinajstić information content (AvgIpc) is 2.42. The van der Waals surface area contributed by atoms with Crippen molar-refractivity contribution in [2.75, 3.05) is 0 Å². The Bertz CT molecular complexity index is 416. The summed E-state index contributed by atoms with van der Waals surface area (Å²) in [6.07, 6.45) is 0. The lowest BCUT2D eigenvalue weighted by molar-refractivity contribution is 0.0696. The fraction of sp³-hybridized carbons (Fsp3) is 0.455. The number of carboxylic acid groups (broad SMARTS) is 1. The Labute approximate surface area is 88.5 Å². The van der Waals surface area contributed by atoms with Crippen molar-refractivity contribution in [2.24, 2.45) is 0 Å². The Morgan fingerprint density at radius 3 is 2.20 bits per heavy atom. The smallest absolute Gasteiger partial charge is 0.337 e. The highest BCUT2D eigenvalue weighted by Crippen LogP contribution is 2.21. The van der Waals surface area contributed by atoms with E-state index in [0.29, 0.717) is 11.4 Å². The van der Waals surface area contributed by atoms with Gasteiger partial charge in [0.1, 0.15) is 0 Å². The SMILES string of the molecule is CC(=O)c1cc(C(=O)O)c(C)n1C(C)C. The van der Waals surface area contributed by atoms with E-state index in [1.807, 2.05) is 13.8 Å². The van der Waals surface area contributed by atoms with Crippen molar-refractivity contribution in [1.82, 2.24) is 4.57 Å². The minimum Gasteiger partial charge on any atom is -0.478 e. The molecule has 0 aliphatic rings. The number of carboxylic acids is 1. The predicted octanol–water partition coefficient (Wildman–Crippen LogP) is 2.28. The molecule has 1 N–H and O–H groups in total. The zero-order valence-corrected chi connectivity index (χ0v) is 9.37. The molecule has 0 bridgehead atoms. The van der Waals surface area contributed by atoms with Gasteiger partial charge in [-0.25, -0.2) is 4.79 Å². The van der Waals surface area contributed by atoms with Crippen LogP contribution in [0.4, 0.5) is 0 Å². The zero-order chi connectivity index (χ0) is 11.7. The maximum absolute atomic E-state index is 11.3. The number of hydrogen-bond donors (Lipinski definition) is 1. The number of carbonyl (C=O) groups is 2. The molecule has 1 rings (SSSR count). The zero-order valence-electron chi connectivity index (χ0n) is 9.37. The second-order valence-electron chi connectivity index (χ2n) is 3.85. The highest BCUT2D eigenvalue weighted by molar-refractivity contribution is 5.97. The van der Waals surface area contributed by atoms with Gasteiger partial charge in [0.2, 0.25) is 0 Å². The summed E-state index contributed by atoms with van der Waals surface area (Å²) in [6.45, 7) is 7.01. The largest absolute Gasteiger partial charge is 0.478 e. The molecule has 4 nitrogen and oxygen atoms in total. The second-order valence-corrected chi connectivity index (χ2v) is 3.85. The molecule has 1 aromatic heterocycles. The number of aromatic carboxylic acids is 1. The fourth-order valence-electron chi connectivity index (χ4n) is 1.77. The van der Waals surface area contributed by atoms with Crippen LogP contribution in [0.2, 0.25) is 0 Å². The number of aromatic nitrogens is 1. The van der Waals surface area contributed by atoms with Crippen LogP contribution in [-0.4, -0.2) is 21.4 Å². The quantitative estimate of drug-likeness (QED) is 0.777. The Morgan fingerprint density at radius 2 is 1.93 bits per heavy atom. The van der Waals surface area contributed by atoms with E-state index in [4.69, 9.17) is 5.11 Å². The van der Waals surface area contributed by atoms with Gasteiger partial charge in [-0.3, -0.25) is 4.79 Å². The third-order valence-corrected chi connectivity index (χ3v) is 2.40. The van der Waals surface area contributed by atoms with Crippen molar-refractivity contribution in [2.45, 2.75) is 33.7 Å². The Balaban J connectivity index is 3.46. The van der Waals surface area contributed by atoms with Crippen molar-refractivity contribution in [3.05, 3.63) is 23.0 Å². The monoisotopic (exact) mass is 209 g/mol. The third-order valence-electron chi connectivity index (χ3n) is 2.40. The van der Waals surface area contributed by atoms with Crippen LogP contribution in [0.15, 0.2) is 6.07 Å². The molecule has 0 aliphatic carbocycles. The minimum absolute atomic E-state index is 0.0806. The number of hydrogen-bond acceptors (Lipinski definition) is 2. The van der Waals surface area contributed by atoms with Crippen LogP contribution in [0.1, 0.15) is 53.4 Å². The molecular weight excluding hydrogens is 194 g/mol. The minimum atomic E-state index is -0.991. The molecule has 0 atom stereocenters. The highest BCUT2D eigenvalue weighted by Gasteiger charge is 2.20. The molecule has 0 saturated heterocycles. The molecule has 0 spiro atoms. The topological polar surface area (TPSA) is 59.3 Å². The van der Waals surface area contributed by atoms with Gasteiger partial charge in [-0.1, -0.05) is 0 Å². The first-order valence-electron chi connectivity index (χ1n) is 4.82. The van der Waals surface area contributed by atoms with Crippen molar-refractivity contribution in [1.29, 1.82) is 0 Å². The van der Waals surface area contributed by atoms with Gasteiger partial charge in [0.15, 0.2) is 5.78 Å². The van der Waals surface area contributed by atoms with Gasteiger partial charge in [-0.15, -0.1) is 0 Å². The number of ketones is 1. The van der Waals surface area contributed by atoms with Gasteiger partial charge in [0.25, 0.3) is 0 Å². The first kappa shape index (κ1) is 11.5. The standard InChI is InChI=1S/C11H15NO3/c1-6(2)12-7(3)9(11(14)15)5-10(12)8(4)13/h5-6H,1-4H3,(H,14,15). The third kappa shape index (κ3) is 1.93. The van der Waals surface area contributed by atoms with Gasteiger partial charge < -0.3 is 9.67 Å². The summed E-state index contributed by atoms with van der Waals surface area (Å²) in [5, 5.41) is 8.94. The molecule has 82 valence electrons. The number of Topliss-reactive ketones (excluding diaryl/α,β-unsaturated/α-hetero) is 1. The first-order valence-corrected chi connectivity index (χ1v) is 4.82. The summed E-state index contributed by atoms with van der Waals surface area (Å²) in [5.74, 6) is -1.10. The summed E-state index contributed by atoms with van der Waals surface area (Å²) in [4.78, 5) is 22.3. The van der Waals surface area contributed by atoms with E-state index in [1.54, 1.807) is 11.5 Å². The van der Waals surface area contributed by atoms with E-state index in [2.05, 4.69) is 0 Å². The maximum atomic E-state index is 11.3. The molecule has 0 saturated carbocycles. The van der Waals surface area contributed by atoms with Crippen LogP contribution in [0.5, 0.6) is 0 Å². The molecule has 1 aromatic rings. The first-order chi connectivity index (χ1) is 6.86. The fourth-order valence-corrected chi connectivity index (χ4v) is 1.77. The summed E-state index contributed by atoms with van der Waals surface area (Å²) in [7, 11) is 0. The van der Waals surface area contributed by atoms with Crippen LogP contribution >= 0.6 is 0 Å². The number of rotatable bonds is 3. The van der Waals surface area contributed by atoms with E-state index in [-0.39, 0.29) is 17.4 Å². The normalized spacial score (nSPS) is 10.7. The molecule has 0 fully saturated rings. The summed E-state index contributed by atoms with van der Waals surface area (Å²) >= 11 is 0.